The zero-order valence-electron chi connectivity index (χ0n) is 12.8. The van der Waals surface area contributed by atoms with Gasteiger partial charge in [-0.05, 0) is 18.2 Å². The Labute approximate surface area is 151 Å². The molecule has 9 heteroatoms. The molecule has 0 radical (unpaired) electrons. The zero-order valence-corrected chi connectivity index (χ0v) is 14.3. The van der Waals surface area contributed by atoms with Gasteiger partial charge in [0.05, 0.1) is 10.0 Å². The SMILES string of the molecule is CC(=O)Oc1c(N2C(=O)CCC2=O)oc(-c2ccc(Cl)c(Cl)c2)c1O. The Morgan fingerprint density at radius 3 is 2.40 bits per heavy atom. The number of anilines is 1. The number of aromatic hydroxyl groups is 1. The molecule has 0 aliphatic carbocycles. The molecule has 1 fully saturated rings. The summed E-state index contributed by atoms with van der Waals surface area (Å²) in [5, 5.41) is 10.9. The first-order valence-corrected chi connectivity index (χ1v) is 7.90. The van der Waals surface area contributed by atoms with Crippen molar-refractivity contribution in [1.82, 2.24) is 0 Å². The quantitative estimate of drug-likeness (QED) is 0.642. The summed E-state index contributed by atoms with van der Waals surface area (Å²) in [6, 6.07) is 4.43. The summed E-state index contributed by atoms with van der Waals surface area (Å²) >= 11 is 11.8. The van der Waals surface area contributed by atoms with E-state index in [0.717, 1.165) is 11.8 Å². The zero-order chi connectivity index (χ0) is 18.3. The fourth-order valence-electron chi connectivity index (χ4n) is 2.41. The number of hydrogen-bond acceptors (Lipinski definition) is 6. The van der Waals surface area contributed by atoms with E-state index >= 15 is 0 Å². The van der Waals surface area contributed by atoms with Crippen molar-refractivity contribution in [2.75, 3.05) is 4.90 Å². The van der Waals surface area contributed by atoms with E-state index < -0.39 is 29.3 Å². The summed E-state index contributed by atoms with van der Waals surface area (Å²) in [7, 11) is 0. The molecular formula is C16H11Cl2NO6. The molecule has 0 bridgehead atoms. The van der Waals surface area contributed by atoms with Crippen LogP contribution in [0, 0.1) is 0 Å². The first-order chi connectivity index (χ1) is 11.8. The predicted molar refractivity (Wildman–Crippen MR) is 88.9 cm³/mol. The third-order valence-electron chi connectivity index (χ3n) is 3.51. The average molecular weight is 384 g/mol. The van der Waals surface area contributed by atoms with Crippen LogP contribution < -0.4 is 9.64 Å². The summed E-state index contributed by atoms with van der Waals surface area (Å²) in [6.07, 6.45) is 0.00380. The Bertz CT molecular complexity index is 888. The van der Waals surface area contributed by atoms with E-state index in [1.807, 2.05) is 0 Å². The van der Waals surface area contributed by atoms with Crippen LogP contribution in [0.2, 0.25) is 10.0 Å². The maximum Gasteiger partial charge on any atom is 0.308 e. The predicted octanol–water partition coefficient (Wildman–Crippen LogP) is 3.54. The highest BCUT2D eigenvalue weighted by Crippen LogP contribution is 2.49. The Morgan fingerprint density at radius 1 is 1.20 bits per heavy atom. The van der Waals surface area contributed by atoms with E-state index in [4.69, 9.17) is 32.4 Å². The molecule has 2 heterocycles. The number of imide groups is 1. The van der Waals surface area contributed by atoms with E-state index in [2.05, 4.69) is 0 Å². The second-order valence-electron chi connectivity index (χ2n) is 5.26. The lowest BCUT2D eigenvalue weighted by molar-refractivity contribution is -0.132. The fourth-order valence-corrected chi connectivity index (χ4v) is 2.71. The van der Waals surface area contributed by atoms with Gasteiger partial charge in [0.25, 0.3) is 5.88 Å². The molecule has 1 N–H and O–H groups in total. The fraction of sp³-hybridized carbons (Fsp3) is 0.188. The van der Waals surface area contributed by atoms with Crippen molar-refractivity contribution in [3.63, 3.8) is 0 Å². The molecule has 25 heavy (non-hydrogen) atoms. The van der Waals surface area contributed by atoms with Crippen LogP contribution in [0.15, 0.2) is 22.6 Å². The summed E-state index contributed by atoms with van der Waals surface area (Å²) in [5.74, 6) is -3.19. The number of hydrogen-bond donors (Lipinski definition) is 1. The Balaban J connectivity index is 2.17. The van der Waals surface area contributed by atoms with Gasteiger partial charge in [0.1, 0.15) is 0 Å². The van der Waals surface area contributed by atoms with Crippen LogP contribution in [0.5, 0.6) is 11.5 Å². The van der Waals surface area contributed by atoms with Crippen molar-refractivity contribution in [2.24, 2.45) is 0 Å². The second kappa shape index (κ2) is 6.42. The monoisotopic (exact) mass is 383 g/mol. The molecule has 1 aliphatic rings. The third kappa shape index (κ3) is 3.08. The van der Waals surface area contributed by atoms with Crippen molar-refractivity contribution in [3.8, 4) is 22.8 Å². The number of carbonyl (C=O) groups excluding carboxylic acids is 3. The Morgan fingerprint density at radius 2 is 1.84 bits per heavy atom. The molecule has 1 aromatic carbocycles. The van der Waals surface area contributed by atoms with Crippen molar-refractivity contribution < 1.29 is 28.6 Å². The molecule has 1 aromatic heterocycles. The molecule has 0 unspecified atom stereocenters. The second-order valence-corrected chi connectivity index (χ2v) is 6.07. The lowest BCUT2D eigenvalue weighted by Gasteiger charge is -2.11. The minimum Gasteiger partial charge on any atom is -0.502 e. The van der Waals surface area contributed by atoms with Crippen molar-refractivity contribution in [1.29, 1.82) is 0 Å². The van der Waals surface area contributed by atoms with Crippen molar-refractivity contribution in [2.45, 2.75) is 19.8 Å². The number of esters is 1. The molecule has 2 aromatic rings. The molecule has 0 saturated carbocycles. The minimum absolute atomic E-state index is 0.00190. The number of ether oxygens (including phenoxy) is 1. The van der Waals surface area contributed by atoms with Crippen LogP contribution in [0.25, 0.3) is 11.3 Å². The summed E-state index contributed by atoms with van der Waals surface area (Å²) in [4.78, 5) is 36.0. The third-order valence-corrected chi connectivity index (χ3v) is 4.24. The van der Waals surface area contributed by atoms with Crippen LogP contribution >= 0.6 is 23.2 Å². The maximum atomic E-state index is 12.0. The summed E-state index contributed by atoms with van der Waals surface area (Å²) < 4.78 is 10.5. The number of rotatable bonds is 3. The Hall–Kier alpha value is -2.51. The van der Waals surface area contributed by atoms with E-state index in [-0.39, 0.29) is 29.5 Å². The van der Waals surface area contributed by atoms with Gasteiger partial charge in [-0.15, -0.1) is 0 Å². The van der Waals surface area contributed by atoms with Gasteiger partial charge in [-0.2, -0.15) is 0 Å². The number of amides is 2. The van der Waals surface area contributed by atoms with Crippen LogP contribution in [-0.4, -0.2) is 22.9 Å². The number of nitrogens with zero attached hydrogens (tertiary/aromatic N) is 1. The maximum absolute atomic E-state index is 12.0. The highest BCUT2D eigenvalue weighted by molar-refractivity contribution is 6.42. The van der Waals surface area contributed by atoms with Gasteiger partial charge in [-0.25, -0.2) is 4.90 Å². The van der Waals surface area contributed by atoms with Gasteiger partial charge in [-0.3, -0.25) is 14.4 Å². The molecule has 1 aliphatic heterocycles. The smallest absolute Gasteiger partial charge is 0.308 e. The number of carbonyl (C=O) groups is 3. The van der Waals surface area contributed by atoms with E-state index in [9.17, 15) is 19.5 Å². The van der Waals surface area contributed by atoms with E-state index in [0.29, 0.717) is 10.6 Å². The number of benzene rings is 1. The average Bonchev–Trinajstić information content (AvgIpc) is 3.03. The van der Waals surface area contributed by atoms with Crippen LogP contribution in [0.1, 0.15) is 19.8 Å². The van der Waals surface area contributed by atoms with Gasteiger partial charge in [0.2, 0.25) is 23.3 Å². The Kier molecular flexibility index (Phi) is 4.45. The lowest BCUT2D eigenvalue weighted by Crippen LogP contribution is -2.28. The normalized spacial score (nSPS) is 14.3. The highest BCUT2D eigenvalue weighted by Gasteiger charge is 2.38. The molecule has 1 saturated heterocycles. The first kappa shape index (κ1) is 17.3. The molecular weight excluding hydrogens is 373 g/mol. The molecule has 0 atom stereocenters. The van der Waals surface area contributed by atoms with Crippen LogP contribution in [0.4, 0.5) is 5.88 Å². The van der Waals surface area contributed by atoms with Gasteiger partial charge < -0.3 is 14.3 Å². The lowest BCUT2D eigenvalue weighted by atomic mass is 10.1. The molecule has 2 amide bonds. The van der Waals surface area contributed by atoms with E-state index in [1.54, 1.807) is 0 Å². The van der Waals surface area contributed by atoms with Crippen molar-refractivity contribution >= 4 is 46.9 Å². The number of halogens is 2. The van der Waals surface area contributed by atoms with Crippen LogP contribution in [-0.2, 0) is 14.4 Å². The molecule has 7 nitrogen and oxygen atoms in total. The minimum atomic E-state index is -0.753. The van der Waals surface area contributed by atoms with Gasteiger partial charge in [-0.1, -0.05) is 23.2 Å². The van der Waals surface area contributed by atoms with Gasteiger partial charge in [0, 0.05) is 25.3 Å². The molecule has 0 spiro atoms. The molecule has 130 valence electrons. The van der Waals surface area contributed by atoms with Gasteiger partial charge in [0.15, 0.2) is 5.76 Å². The van der Waals surface area contributed by atoms with Gasteiger partial charge >= 0.3 is 5.97 Å². The topological polar surface area (TPSA) is 97.0 Å². The van der Waals surface area contributed by atoms with Crippen molar-refractivity contribution in [3.05, 3.63) is 28.2 Å². The van der Waals surface area contributed by atoms with Crippen LogP contribution in [0.3, 0.4) is 0 Å². The molecule has 3 rings (SSSR count). The largest absolute Gasteiger partial charge is 0.502 e. The first-order valence-electron chi connectivity index (χ1n) is 7.15. The standard InChI is InChI=1S/C16H11Cl2NO6/c1-7(20)24-15-13(23)14(8-2-3-9(17)10(18)6-8)25-16(15)19-11(21)4-5-12(19)22/h2-3,6,23H,4-5H2,1H3. The van der Waals surface area contributed by atoms with E-state index in [1.165, 1.54) is 18.2 Å². The summed E-state index contributed by atoms with van der Waals surface area (Å²) in [6.45, 7) is 1.11. The summed E-state index contributed by atoms with van der Waals surface area (Å²) in [5.41, 5.74) is 0.325. The highest BCUT2D eigenvalue weighted by atomic mass is 35.5. The number of furan rings is 1.